The monoisotopic (exact) mass is 310 g/mol. The molecule has 0 N–H and O–H groups in total. The van der Waals surface area contributed by atoms with Crippen LogP contribution < -0.4 is 0 Å². The molecule has 3 aromatic rings. The zero-order valence-electron chi connectivity index (χ0n) is 14.1. The van der Waals surface area contributed by atoms with Crippen LogP contribution in [0.25, 0.3) is 27.2 Å². The molecule has 0 spiro atoms. The van der Waals surface area contributed by atoms with Crippen molar-refractivity contribution in [3.63, 3.8) is 0 Å². The lowest BCUT2D eigenvalue weighted by molar-refractivity contribution is 0.662. The van der Waals surface area contributed by atoms with Crippen molar-refractivity contribution in [3.05, 3.63) is 82.8 Å². The van der Waals surface area contributed by atoms with Crippen molar-refractivity contribution in [2.45, 2.75) is 26.2 Å². The smallest absolute Gasteiger partial charge is 0.190 e. The lowest BCUT2D eigenvalue weighted by Crippen LogP contribution is -2.16. The highest BCUT2D eigenvalue weighted by molar-refractivity contribution is 5.89. The van der Waals surface area contributed by atoms with E-state index >= 15 is 0 Å². The molecule has 0 saturated carbocycles. The fourth-order valence-electron chi connectivity index (χ4n) is 3.88. The molecule has 116 valence electrons. The van der Waals surface area contributed by atoms with E-state index in [0.29, 0.717) is 0 Å². The van der Waals surface area contributed by atoms with Crippen LogP contribution in [0.5, 0.6) is 0 Å². The first-order chi connectivity index (χ1) is 11.5. The van der Waals surface area contributed by atoms with Crippen LogP contribution in [-0.4, -0.2) is 4.98 Å². The molecule has 0 amide bonds. The molecule has 2 nitrogen and oxygen atoms in total. The molecular formula is C22H18N2. The van der Waals surface area contributed by atoms with Crippen LogP contribution in [-0.2, 0) is 5.41 Å². The summed E-state index contributed by atoms with van der Waals surface area (Å²) >= 11 is 0. The zero-order valence-corrected chi connectivity index (χ0v) is 14.1. The van der Waals surface area contributed by atoms with E-state index in [1.807, 2.05) is 25.3 Å². The minimum Gasteiger partial charge on any atom is -0.256 e. The van der Waals surface area contributed by atoms with Gasteiger partial charge in [0.15, 0.2) is 5.69 Å². The first-order valence-corrected chi connectivity index (χ1v) is 8.12. The van der Waals surface area contributed by atoms with Gasteiger partial charge in [0.25, 0.3) is 0 Å². The topological polar surface area (TPSA) is 17.2 Å². The third-order valence-electron chi connectivity index (χ3n) is 5.05. The first kappa shape index (κ1) is 14.7. The van der Waals surface area contributed by atoms with Gasteiger partial charge in [-0.2, -0.15) is 0 Å². The molecule has 1 aliphatic carbocycles. The van der Waals surface area contributed by atoms with Crippen molar-refractivity contribution in [2.75, 3.05) is 0 Å². The molecule has 1 aromatic heterocycles. The lowest BCUT2D eigenvalue weighted by Gasteiger charge is -2.24. The summed E-state index contributed by atoms with van der Waals surface area (Å²) in [6, 6.07) is 16.7. The van der Waals surface area contributed by atoms with Gasteiger partial charge in [-0.3, -0.25) is 4.98 Å². The molecular weight excluding hydrogens is 292 g/mol. The van der Waals surface area contributed by atoms with E-state index in [4.69, 9.17) is 6.57 Å². The molecule has 24 heavy (non-hydrogen) atoms. The van der Waals surface area contributed by atoms with Crippen LogP contribution in [0.3, 0.4) is 0 Å². The van der Waals surface area contributed by atoms with Crippen LogP contribution >= 0.6 is 0 Å². The van der Waals surface area contributed by atoms with Crippen LogP contribution in [0.2, 0.25) is 0 Å². The number of aromatic nitrogens is 1. The van der Waals surface area contributed by atoms with Gasteiger partial charge in [-0.05, 0) is 46.9 Å². The molecule has 2 heteroatoms. The second-order valence-electron chi connectivity index (χ2n) is 6.86. The van der Waals surface area contributed by atoms with E-state index < -0.39 is 0 Å². The van der Waals surface area contributed by atoms with Crippen molar-refractivity contribution in [1.82, 2.24) is 4.98 Å². The summed E-state index contributed by atoms with van der Waals surface area (Å²) in [5, 5.41) is 0. The van der Waals surface area contributed by atoms with Crippen molar-refractivity contribution < 1.29 is 0 Å². The van der Waals surface area contributed by atoms with Gasteiger partial charge < -0.3 is 0 Å². The summed E-state index contributed by atoms with van der Waals surface area (Å²) in [6.07, 6.45) is 1.84. The predicted octanol–water partition coefficient (Wildman–Crippen LogP) is 5.91. The molecule has 1 heterocycles. The van der Waals surface area contributed by atoms with Gasteiger partial charge in [-0.1, -0.05) is 50.2 Å². The average molecular weight is 310 g/mol. The normalized spacial score (nSPS) is 13.9. The maximum Gasteiger partial charge on any atom is 0.190 e. The predicted molar refractivity (Wildman–Crippen MR) is 98.2 cm³/mol. The fourth-order valence-corrected chi connectivity index (χ4v) is 3.88. The molecule has 2 aromatic carbocycles. The molecule has 0 saturated heterocycles. The molecule has 1 aliphatic rings. The number of aryl methyl sites for hydroxylation is 1. The Bertz CT molecular complexity index is 992. The average Bonchev–Trinajstić information content (AvgIpc) is 2.82. The Hall–Kier alpha value is -2.92. The van der Waals surface area contributed by atoms with E-state index in [1.54, 1.807) is 0 Å². The number of hydrogen-bond acceptors (Lipinski definition) is 1. The van der Waals surface area contributed by atoms with Crippen LogP contribution in [0.1, 0.15) is 30.5 Å². The minimum atomic E-state index is -0.147. The Morgan fingerprint density at radius 2 is 1.75 bits per heavy atom. The van der Waals surface area contributed by atoms with Crippen molar-refractivity contribution in [3.8, 4) is 22.4 Å². The summed E-state index contributed by atoms with van der Waals surface area (Å²) < 4.78 is 0. The Morgan fingerprint density at radius 3 is 2.46 bits per heavy atom. The van der Waals surface area contributed by atoms with Gasteiger partial charge in [-0.25, -0.2) is 4.85 Å². The highest BCUT2D eigenvalue weighted by Gasteiger charge is 2.38. The van der Waals surface area contributed by atoms with Crippen molar-refractivity contribution in [2.24, 2.45) is 0 Å². The largest absolute Gasteiger partial charge is 0.256 e. The molecule has 0 aliphatic heterocycles. The zero-order chi connectivity index (χ0) is 16.9. The Morgan fingerprint density at radius 1 is 0.958 bits per heavy atom. The standard InChI is InChI=1S/C22H18N2/c1-14-12-17-15-8-7-9-16(19-10-5-6-11-24-19)21(15)22(2,3)18(17)13-20(14)23-4/h5-13H,1-3H3. The summed E-state index contributed by atoms with van der Waals surface area (Å²) in [5.74, 6) is 0. The Labute approximate surface area is 142 Å². The van der Waals surface area contributed by atoms with E-state index in [9.17, 15) is 0 Å². The molecule has 4 rings (SSSR count). The van der Waals surface area contributed by atoms with Gasteiger partial charge in [-0.15, -0.1) is 0 Å². The lowest BCUT2D eigenvalue weighted by atomic mass is 9.79. The highest BCUT2D eigenvalue weighted by atomic mass is 14.7. The summed E-state index contributed by atoms with van der Waals surface area (Å²) in [7, 11) is 0. The van der Waals surface area contributed by atoms with Gasteiger partial charge >= 0.3 is 0 Å². The summed E-state index contributed by atoms with van der Waals surface area (Å²) in [6.45, 7) is 13.9. The molecule has 0 bridgehead atoms. The summed E-state index contributed by atoms with van der Waals surface area (Å²) in [4.78, 5) is 8.25. The maximum atomic E-state index is 7.43. The Balaban J connectivity index is 2.05. The van der Waals surface area contributed by atoms with E-state index in [2.05, 4.69) is 60.1 Å². The van der Waals surface area contributed by atoms with Crippen molar-refractivity contribution in [1.29, 1.82) is 0 Å². The molecule has 0 fully saturated rings. The molecule has 0 atom stereocenters. The minimum absolute atomic E-state index is 0.147. The molecule has 0 radical (unpaired) electrons. The number of rotatable bonds is 1. The molecule has 0 unspecified atom stereocenters. The maximum absolute atomic E-state index is 7.43. The van der Waals surface area contributed by atoms with Gasteiger partial charge in [0.1, 0.15) is 0 Å². The number of hydrogen-bond donors (Lipinski definition) is 0. The van der Waals surface area contributed by atoms with Crippen molar-refractivity contribution >= 4 is 5.69 Å². The summed E-state index contributed by atoms with van der Waals surface area (Å²) in [5.41, 5.74) is 8.86. The Kier molecular flexibility index (Phi) is 3.08. The highest BCUT2D eigenvalue weighted by Crippen LogP contribution is 2.53. The first-order valence-electron chi connectivity index (χ1n) is 8.12. The van der Waals surface area contributed by atoms with Gasteiger partial charge in [0.05, 0.1) is 12.3 Å². The third-order valence-corrected chi connectivity index (χ3v) is 5.05. The van der Waals surface area contributed by atoms with E-state index in [-0.39, 0.29) is 5.41 Å². The number of fused-ring (bicyclic) bond motifs is 3. The van der Waals surface area contributed by atoms with Crippen LogP contribution in [0, 0.1) is 13.5 Å². The third kappa shape index (κ3) is 1.91. The van der Waals surface area contributed by atoms with E-state index in [0.717, 1.165) is 16.9 Å². The van der Waals surface area contributed by atoms with Gasteiger partial charge in [0.2, 0.25) is 0 Å². The number of pyridine rings is 1. The second kappa shape index (κ2) is 5.04. The number of nitrogens with zero attached hydrogens (tertiary/aromatic N) is 2. The fraction of sp³-hybridized carbons (Fsp3) is 0.182. The van der Waals surface area contributed by atoms with Crippen LogP contribution in [0.4, 0.5) is 5.69 Å². The van der Waals surface area contributed by atoms with Crippen LogP contribution in [0.15, 0.2) is 54.7 Å². The van der Waals surface area contributed by atoms with Gasteiger partial charge in [0, 0.05) is 17.2 Å². The quantitative estimate of drug-likeness (QED) is 0.510. The second-order valence-corrected chi connectivity index (χ2v) is 6.86. The number of benzene rings is 2. The SMILES string of the molecule is [C-]#[N+]c1cc2c(cc1C)-c1cccc(-c3ccccn3)c1C2(C)C. The van der Waals surface area contributed by atoms with E-state index in [1.165, 1.54) is 27.8 Å².